The molecule has 7 aliphatic rings. The number of carbonyl (C=O) groups is 1. The van der Waals surface area contributed by atoms with Crippen LogP contribution in [-0.4, -0.2) is 84.8 Å². The summed E-state index contributed by atoms with van der Waals surface area (Å²) in [6.45, 7) is 17.6. The number of carbonyl (C=O) groups excluding carboxylic acids is 1. The fourth-order valence-electron chi connectivity index (χ4n) is 13.3. The average Bonchev–Trinajstić information content (AvgIpc) is 3.16. The summed E-state index contributed by atoms with van der Waals surface area (Å²) in [4.78, 5) is 13.4. The maximum absolute atomic E-state index is 13.4. The molecule has 3 heterocycles. The van der Waals surface area contributed by atoms with Crippen molar-refractivity contribution in [1.29, 1.82) is 0 Å². The van der Waals surface area contributed by atoms with E-state index in [0.717, 1.165) is 97.4 Å². The number of unbranched alkanes of at least 4 members (excludes halogenated alkanes) is 12. The highest BCUT2D eigenvalue weighted by molar-refractivity contribution is 5.87. The highest BCUT2D eigenvalue weighted by Crippen LogP contribution is 2.65. The van der Waals surface area contributed by atoms with E-state index >= 15 is 0 Å². The molecule has 0 aromatic carbocycles. The van der Waals surface area contributed by atoms with Crippen molar-refractivity contribution < 1.29 is 38.0 Å². The zero-order valence-electron chi connectivity index (χ0n) is 40.1. The van der Waals surface area contributed by atoms with Crippen molar-refractivity contribution in [3.05, 3.63) is 12.2 Å². The third-order valence-electron chi connectivity index (χ3n) is 16.1. The number of hydrogen-bond acceptors (Lipinski definition) is 8. The number of hydrogen-bond donors (Lipinski definition) is 0. The Hall–Kier alpha value is -1.03. The summed E-state index contributed by atoms with van der Waals surface area (Å²) in [5, 5.41) is 0. The smallest absolute Gasteiger partial charge is 0.333 e. The molecule has 352 valence electrons. The van der Waals surface area contributed by atoms with Gasteiger partial charge in [0.15, 0.2) is 0 Å². The van der Waals surface area contributed by atoms with Crippen molar-refractivity contribution in [2.45, 2.75) is 279 Å². The molecule has 0 amide bonds. The second-order valence-electron chi connectivity index (χ2n) is 21.7. The van der Waals surface area contributed by atoms with E-state index in [2.05, 4.69) is 27.4 Å². The topological polar surface area (TPSA) is 81.7 Å². The monoisotopic (exact) mass is 857 g/mol. The summed E-state index contributed by atoms with van der Waals surface area (Å²) in [5.41, 5.74) is -0.936. The summed E-state index contributed by atoms with van der Waals surface area (Å²) in [7, 11) is 0. The van der Waals surface area contributed by atoms with Gasteiger partial charge < -0.3 is 33.2 Å². The van der Waals surface area contributed by atoms with Crippen LogP contribution >= 0.6 is 0 Å². The van der Waals surface area contributed by atoms with E-state index in [1.807, 2.05) is 0 Å². The molecule has 0 N–H and O–H groups in total. The highest BCUT2D eigenvalue weighted by atomic mass is 16.6. The third kappa shape index (κ3) is 13.5. The summed E-state index contributed by atoms with van der Waals surface area (Å²) >= 11 is 0. The lowest BCUT2D eigenvalue weighted by atomic mass is 9.48. The first kappa shape index (κ1) is 49.4. The second-order valence-corrected chi connectivity index (χ2v) is 21.7. The third-order valence-corrected chi connectivity index (χ3v) is 16.1. The van der Waals surface area contributed by atoms with Gasteiger partial charge in [0.05, 0.1) is 53.4 Å². The predicted octanol–water partition coefficient (Wildman–Crippen LogP) is 13.4. The molecule has 4 saturated carbocycles. The maximum Gasteiger partial charge on any atom is 0.333 e. The van der Waals surface area contributed by atoms with Gasteiger partial charge in [-0.25, -0.2) is 4.79 Å². The molecule has 0 spiro atoms. The van der Waals surface area contributed by atoms with Gasteiger partial charge in [-0.15, -0.1) is 0 Å². The first-order chi connectivity index (χ1) is 29.5. The van der Waals surface area contributed by atoms with E-state index in [9.17, 15) is 4.79 Å². The Kier molecular flexibility index (Phi) is 18.6. The molecule has 7 rings (SSSR count). The van der Waals surface area contributed by atoms with Crippen LogP contribution in [-0.2, 0) is 38.0 Å². The number of esters is 1. The fraction of sp³-hybridized carbons (Fsp3) is 0.943. The summed E-state index contributed by atoms with van der Waals surface area (Å²) in [5.74, 6) is -0.295. The van der Waals surface area contributed by atoms with Gasteiger partial charge in [0, 0.05) is 63.9 Å². The molecule has 3 atom stereocenters. The Balaban J connectivity index is 1.03. The zero-order chi connectivity index (χ0) is 43.2. The van der Waals surface area contributed by atoms with Gasteiger partial charge in [0.1, 0.15) is 5.60 Å². The standard InChI is InChI=1S/C53H92O8/c1-6-24-47(30-36-58-47)27-18-12-9-15-21-33-55-50-39-51(56-34-22-16-10-13-19-28-48(25-7-2)31-37-59-48)41-52(40-50,44-53(42-50,43-51)61-46(54)45(4)5)57-35-23-17-11-14-20-29-49(26-8-3)32-38-60-49/h4,6-44H2,1-3,5H3. The van der Waals surface area contributed by atoms with E-state index in [1.54, 1.807) is 6.92 Å². The minimum atomic E-state index is -0.668. The van der Waals surface area contributed by atoms with Crippen LogP contribution in [0.15, 0.2) is 12.2 Å². The van der Waals surface area contributed by atoms with Crippen molar-refractivity contribution in [1.82, 2.24) is 0 Å². The maximum atomic E-state index is 13.4. The minimum Gasteiger partial charge on any atom is -0.455 e. The normalized spacial score (nSPS) is 34.8. The Morgan fingerprint density at radius 3 is 0.984 bits per heavy atom. The van der Waals surface area contributed by atoms with Gasteiger partial charge in [0.2, 0.25) is 0 Å². The molecule has 4 bridgehead atoms. The van der Waals surface area contributed by atoms with E-state index in [1.165, 1.54) is 154 Å². The van der Waals surface area contributed by atoms with E-state index in [0.29, 0.717) is 5.57 Å². The Morgan fingerprint density at radius 2 is 0.721 bits per heavy atom. The van der Waals surface area contributed by atoms with Crippen LogP contribution in [0.3, 0.4) is 0 Å². The van der Waals surface area contributed by atoms with Gasteiger partial charge in [0.25, 0.3) is 0 Å². The lowest BCUT2D eigenvalue weighted by Crippen LogP contribution is -2.74. The van der Waals surface area contributed by atoms with E-state index in [4.69, 9.17) is 33.2 Å². The molecule has 61 heavy (non-hydrogen) atoms. The first-order valence-electron chi connectivity index (χ1n) is 26.2. The molecule has 8 nitrogen and oxygen atoms in total. The van der Waals surface area contributed by atoms with Gasteiger partial charge in [-0.05, 0) is 84.0 Å². The van der Waals surface area contributed by atoms with Crippen LogP contribution < -0.4 is 0 Å². The van der Waals surface area contributed by atoms with Gasteiger partial charge in [-0.1, -0.05) is 124 Å². The Bertz CT molecular complexity index is 1190. The molecule has 0 radical (unpaired) electrons. The molecule has 3 aliphatic heterocycles. The number of rotatable bonds is 35. The lowest BCUT2D eigenvalue weighted by molar-refractivity contribution is -0.327. The Morgan fingerprint density at radius 1 is 0.443 bits per heavy atom. The lowest BCUT2D eigenvalue weighted by Gasteiger charge is -2.68. The van der Waals surface area contributed by atoms with E-state index in [-0.39, 0.29) is 22.8 Å². The van der Waals surface area contributed by atoms with Crippen LogP contribution in [0.25, 0.3) is 0 Å². The molecular weight excluding hydrogens is 765 g/mol. The SMILES string of the molecule is C=C(C)C(=O)OC12CC3(OCCCCCCCC4(CCC)CCO4)CC(OCCCCCCCC4(CCC)CCO4)(CC(OCCCCCCCC4(CCC)CCO4)(C3)C1)C2. The van der Waals surface area contributed by atoms with Crippen LogP contribution in [0.1, 0.15) is 240 Å². The van der Waals surface area contributed by atoms with Crippen molar-refractivity contribution in [3.63, 3.8) is 0 Å². The molecule has 7 fully saturated rings. The molecule has 0 aromatic rings. The van der Waals surface area contributed by atoms with Crippen LogP contribution in [0.2, 0.25) is 0 Å². The fourth-order valence-corrected chi connectivity index (χ4v) is 13.3. The van der Waals surface area contributed by atoms with Crippen molar-refractivity contribution in [2.24, 2.45) is 0 Å². The van der Waals surface area contributed by atoms with Crippen molar-refractivity contribution in [3.8, 4) is 0 Å². The quantitative estimate of drug-likeness (QED) is 0.0354. The predicted molar refractivity (Wildman–Crippen MR) is 245 cm³/mol. The molecular formula is C53H92O8. The summed E-state index contributed by atoms with van der Waals surface area (Å²) < 4.78 is 46.1. The van der Waals surface area contributed by atoms with Crippen LogP contribution in [0, 0.1) is 0 Å². The molecule has 3 saturated heterocycles. The number of ether oxygens (including phenoxy) is 7. The Labute approximate surface area is 373 Å². The van der Waals surface area contributed by atoms with Gasteiger partial charge in [-0.2, -0.15) is 0 Å². The molecule has 8 heteroatoms. The largest absolute Gasteiger partial charge is 0.455 e. The minimum absolute atomic E-state index is 0.182. The average molecular weight is 857 g/mol. The highest BCUT2D eigenvalue weighted by Gasteiger charge is 2.72. The van der Waals surface area contributed by atoms with Crippen molar-refractivity contribution >= 4 is 5.97 Å². The summed E-state index contributed by atoms with van der Waals surface area (Å²) in [6, 6.07) is 0. The van der Waals surface area contributed by atoms with Crippen LogP contribution in [0.4, 0.5) is 0 Å². The second kappa shape index (κ2) is 22.9. The van der Waals surface area contributed by atoms with Gasteiger partial charge >= 0.3 is 5.97 Å². The van der Waals surface area contributed by atoms with Crippen LogP contribution in [0.5, 0.6) is 0 Å². The molecule has 4 aliphatic carbocycles. The van der Waals surface area contributed by atoms with Gasteiger partial charge in [-0.3, -0.25) is 0 Å². The zero-order valence-corrected chi connectivity index (χ0v) is 40.1. The van der Waals surface area contributed by atoms with Crippen molar-refractivity contribution in [2.75, 3.05) is 39.6 Å². The first-order valence-corrected chi connectivity index (χ1v) is 26.2. The summed E-state index contributed by atoms with van der Waals surface area (Å²) in [6.07, 6.45) is 37.3. The molecule has 3 unspecified atom stereocenters. The molecule has 0 aromatic heterocycles. The van der Waals surface area contributed by atoms with E-state index < -0.39 is 22.4 Å².